The maximum absolute atomic E-state index is 12.5. The average molecular weight is 412 g/mol. The van der Waals surface area contributed by atoms with Gasteiger partial charge in [0, 0.05) is 49.1 Å². The molecule has 0 atom stereocenters. The molecule has 0 bridgehead atoms. The van der Waals surface area contributed by atoms with Crippen molar-refractivity contribution in [3.8, 4) is 0 Å². The van der Waals surface area contributed by atoms with E-state index in [0.717, 1.165) is 4.90 Å². The summed E-state index contributed by atoms with van der Waals surface area (Å²) in [6.07, 6.45) is 0.504. The highest BCUT2D eigenvalue weighted by atomic mass is 35.5. The highest BCUT2D eigenvalue weighted by molar-refractivity contribution is 6.35. The van der Waals surface area contributed by atoms with Crippen LogP contribution >= 0.6 is 23.2 Å². The van der Waals surface area contributed by atoms with Crippen molar-refractivity contribution in [3.05, 3.63) is 33.8 Å². The largest absolute Gasteiger partial charge is 0.339 e. The molecule has 144 valence electrons. The van der Waals surface area contributed by atoms with Crippen molar-refractivity contribution in [1.82, 2.24) is 14.7 Å². The summed E-state index contributed by atoms with van der Waals surface area (Å²) in [6.45, 7) is 1.33. The van der Waals surface area contributed by atoms with Crippen LogP contribution in [0, 0.1) is 0 Å². The van der Waals surface area contributed by atoms with Crippen molar-refractivity contribution in [2.24, 2.45) is 0 Å². The number of benzene rings is 1. The Hall–Kier alpha value is -2.12. The van der Waals surface area contributed by atoms with Crippen LogP contribution in [0.25, 0.3) is 0 Å². The fourth-order valence-electron chi connectivity index (χ4n) is 3.18. The second-order valence-electron chi connectivity index (χ2n) is 6.55. The van der Waals surface area contributed by atoms with Gasteiger partial charge in [0.2, 0.25) is 23.6 Å². The molecule has 27 heavy (non-hydrogen) atoms. The Morgan fingerprint density at radius 3 is 2.00 bits per heavy atom. The van der Waals surface area contributed by atoms with Gasteiger partial charge in [-0.1, -0.05) is 29.3 Å². The normalized spacial score (nSPS) is 17.6. The SMILES string of the molecule is O=C(Cc1ccc(Cl)cc1Cl)N1CCN(C(=O)CN2C(=O)CCC2=O)CC1. The molecular formula is C18H19Cl2N3O4. The third-order valence-corrected chi connectivity index (χ3v) is 5.38. The van der Waals surface area contributed by atoms with E-state index in [0.29, 0.717) is 41.8 Å². The Bertz CT molecular complexity index is 775. The predicted molar refractivity (Wildman–Crippen MR) is 99.3 cm³/mol. The molecule has 1 aromatic carbocycles. The van der Waals surface area contributed by atoms with Crippen LogP contribution in [0.2, 0.25) is 10.0 Å². The molecule has 4 amide bonds. The number of rotatable bonds is 4. The van der Waals surface area contributed by atoms with Crippen molar-refractivity contribution in [3.63, 3.8) is 0 Å². The zero-order chi connectivity index (χ0) is 19.6. The smallest absolute Gasteiger partial charge is 0.242 e. The summed E-state index contributed by atoms with van der Waals surface area (Å²) in [4.78, 5) is 52.4. The van der Waals surface area contributed by atoms with E-state index >= 15 is 0 Å². The first-order valence-electron chi connectivity index (χ1n) is 8.68. The van der Waals surface area contributed by atoms with Crippen LogP contribution in [0.3, 0.4) is 0 Å². The molecule has 9 heteroatoms. The highest BCUT2D eigenvalue weighted by Gasteiger charge is 2.33. The Kier molecular flexibility index (Phi) is 6.01. The van der Waals surface area contributed by atoms with E-state index in [9.17, 15) is 19.2 Å². The molecule has 3 rings (SSSR count). The average Bonchev–Trinajstić information content (AvgIpc) is 2.96. The molecule has 2 aliphatic heterocycles. The molecule has 2 saturated heterocycles. The summed E-state index contributed by atoms with van der Waals surface area (Å²) < 4.78 is 0. The number of hydrogen-bond acceptors (Lipinski definition) is 4. The summed E-state index contributed by atoms with van der Waals surface area (Å²) in [6, 6.07) is 5.02. The van der Waals surface area contributed by atoms with Gasteiger partial charge in [0.15, 0.2) is 0 Å². The van der Waals surface area contributed by atoms with E-state index in [-0.39, 0.29) is 49.4 Å². The minimum atomic E-state index is -0.304. The molecule has 7 nitrogen and oxygen atoms in total. The lowest BCUT2D eigenvalue weighted by Crippen LogP contribution is -2.53. The van der Waals surface area contributed by atoms with E-state index in [2.05, 4.69) is 0 Å². The molecule has 2 fully saturated rings. The summed E-state index contributed by atoms with van der Waals surface area (Å²) >= 11 is 12.0. The van der Waals surface area contributed by atoms with E-state index in [1.54, 1.807) is 28.0 Å². The summed E-state index contributed by atoms with van der Waals surface area (Å²) in [5.41, 5.74) is 0.704. The monoisotopic (exact) mass is 411 g/mol. The van der Waals surface area contributed by atoms with E-state index in [4.69, 9.17) is 23.2 Å². The lowest BCUT2D eigenvalue weighted by molar-refractivity contribution is -0.147. The van der Waals surface area contributed by atoms with Gasteiger partial charge in [0.25, 0.3) is 0 Å². The van der Waals surface area contributed by atoms with Gasteiger partial charge >= 0.3 is 0 Å². The number of hydrogen-bond donors (Lipinski definition) is 0. The fraction of sp³-hybridized carbons (Fsp3) is 0.444. The molecule has 2 aliphatic rings. The lowest BCUT2D eigenvalue weighted by Gasteiger charge is -2.35. The second-order valence-corrected chi connectivity index (χ2v) is 7.39. The quantitative estimate of drug-likeness (QED) is 0.700. The number of likely N-dealkylation sites (tertiary alicyclic amines) is 1. The van der Waals surface area contributed by atoms with E-state index in [1.807, 2.05) is 0 Å². The molecule has 0 radical (unpaired) electrons. The first-order valence-corrected chi connectivity index (χ1v) is 9.43. The van der Waals surface area contributed by atoms with Gasteiger partial charge in [-0.15, -0.1) is 0 Å². The maximum atomic E-state index is 12.5. The lowest BCUT2D eigenvalue weighted by atomic mass is 10.1. The Balaban J connectivity index is 1.50. The standard InChI is InChI=1S/C18H19Cl2N3O4/c19-13-2-1-12(14(20)10-13)9-17(26)21-5-7-22(8-6-21)18(27)11-23-15(24)3-4-16(23)25/h1-2,10H,3-9,11H2. The summed E-state index contributed by atoms with van der Waals surface area (Å²) in [5.74, 6) is -0.952. The number of amides is 4. The number of imide groups is 1. The molecule has 0 saturated carbocycles. The van der Waals surface area contributed by atoms with Gasteiger partial charge in [-0.2, -0.15) is 0 Å². The van der Waals surface area contributed by atoms with Crippen molar-refractivity contribution < 1.29 is 19.2 Å². The number of nitrogens with zero attached hydrogens (tertiary/aromatic N) is 3. The zero-order valence-corrected chi connectivity index (χ0v) is 16.1. The van der Waals surface area contributed by atoms with Crippen molar-refractivity contribution in [2.45, 2.75) is 19.3 Å². The third-order valence-electron chi connectivity index (χ3n) is 4.79. The van der Waals surface area contributed by atoms with Crippen LogP contribution in [0.15, 0.2) is 18.2 Å². The molecule has 0 N–H and O–H groups in total. The molecule has 2 heterocycles. The van der Waals surface area contributed by atoms with E-state index in [1.165, 1.54) is 0 Å². The van der Waals surface area contributed by atoms with Crippen LogP contribution in [0.5, 0.6) is 0 Å². The molecule has 0 unspecified atom stereocenters. The van der Waals surface area contributed by atoms with E-state index < -0.39 is 0 Å². The van der Waals surface area contributed by atoms with Gasteiger partial charge in [0.1, 0.15) is 6.54 Å². The zero-order valence-electron chi connectivity index (χ0n) is 14.6. The Morgan fingerprint density at radius 2 is 1.44 bits per heavy atom. The summed E-state index contributed by atoms with van der Waals surface area (Å²) in [7, 11) is 0. The predicted octanol–water partition coefficient (Wildman–Crippen LogP) is 1.36. The third kappa shape index (κ3) is 4.59. The molecular weight excluding hydrogens is 393 g/mol. The topological polar surface area (TPSA) is 78.0 Å². The number of piperazine rings is 1. The first kappa shape index (κ1) is 19.6. The van der Waals surface area contributed by atoms with Crippen molar-refractivity contribution >= 4 is 46.8 Å². The molecule has 0 aromatic heterocycles. The number of carbonyl (C=O) groups excluding carboxylic acids is 4. The van der Waals surface area contributed by atoms with Crippen molar-refractivity contribution in [1.29, 1.82) is 0 Å². The van der Waals surface area contributed by atoms with Crippen LogP contribution in [0.1, 0.15) is 18.4 Å². The van der Waals surface area contributed by atoms with Gasteiger partial charge in [-0.25, -0.2) is 0 Å². The number of halogens is 2. The van der Waals surface area contributed by atoms with Gasteiger partial charge in [-0.3, -0.25) is 24.1 Å². The summed E-state index contributed by atoms with van der Waals surface area (Å²) in [5, 5.41) is 0.961. The first-order chi connectivity index (χ1) is 12.8. The van der Waals surface area contributed by atoms with Gasteiger partial charge in [0.05, 0.1) is 6.42 Å². The van der Waals surface area contributed by atoms with Gasteiger partial charge in [-0.05, 0) is 17.7 Å². The molecule has 0 spiro atoms. The fourth-order valence-corrected chi connectivity index (χ4v) is 3.65. The Labute approximate surface area is 166 Å². The van der Waals surface area contributed by atoms with Crippen molar-refractivity contribution in [2.75, 3.05) is 32.7 Å². The minimum Gasteiger partial charge on any atom is -0.339 e. The van der Waals surface area contributed by atoms with Crippen LogP contribution < -0.4 is 0 Å². The molecule has 1 aromatic rings. The van der Waals surface area contributed by atoms with Crippen LogP contribution in [-0.4, -0.2) is 71.1 Å². The maximum Gasteiger partial charge on any atom is 0.242 e. The number of carbonyl (C=O) groups is 4. The van der Waals surface area contributed by atoms with Gasteiger partial charge < -0.3 is 9.80 Å². The highest BCUT2D eigenvalue weighted by Crippen LogP contribution is 2.22. The second kappa shape index (κ2) is 8.27. The van der Waals surface area contributed by atoms with Crippen LogP contribution in [-0.2, 0) is 25.6 Å². The Morgan fingerprint density at radius 1 is 0.889 bits per heavy atom. The molecule has 0 aliphatic carbocycles. The van der Waals surface area contributed by atoms with Crippen LogP contribution in [0.4, 0.5) is 0 Å². The minimum absolute atomic E-state index is 0.0729.